The van der Waals surface area contributed by atoms with Crippen LogP contribution < -0.4 is 10.7 Å². The Morgan fingerprint density at radius 2 is 1.41 bits per heavy atom. The molecule has 4 rings (SSSR count). The molecule has 0 saturated heterocycles. The van der Waals surface area contributed by atoms with Crippen LogP contribution in [-0.2, 0) is 6.54 Å². The summed E-state index contributed by atoms with van der Waals surface area (Å²) in [5, 5.41) is 3.62. The molecule has 1 amide bonds. The molecule has 0 aliphatic carbocycles. The maximum atomic E-state index is 13.2. The van der Waals surface area contributed by atoms with E-state index in [0.29, 0.717) is 11.9 Å². The van der Waals surface area contributed by atoms with Crippen molar-refractivity contribution in [3.05, 3.63) is 118 Å². The van der Waals surface area contributed by atoms with Gasteiger partial charge in [0.25, 0.3) is 5.91 Å². The molecule has 29 heavy (non-hydrogen) atoms. The number of nitrogens with one attached hydrogen (secondary N) is 1. The van der Waals surface area contributed by atoms with Crippen molar-refractivity contribution in [3.63, 3.8) is 0 Å². The molecule has 1 aromatic heterocycles. The SMILES string of the molecule is CCn1cc(C(=O)NC(c2ccccc2)c2ccccc2)c(=O)c2ccccc21. The Morgan fingerprint density at radius 3 is 2.00 bits per heavy atom. The molecule has 3 aromatic carbocycles. The molecule has 4 aromatic rings. The molecule has 0 atom stereocenters. The Morgan fingerprint density at radius 1 is 0.862 bits per heavy atom. The number of carbonyl (C=O) groups excluding carboxylic acids is 1. The summed E-state index contributed by atoms with van der Waals surface area (Å²) in [4.78, 5) is 26.2. The summed E-state index contributed by atoms with van der Waals surface area (Å²) >= 11 is 0. The average Bonchev–Trinajstić information content (AvgIpc) is 2.79. The minimum Gasteiger partial charge on any atom is -0.347 e. The Labute approximate surface area is 169 Å². The van der Waals surface area contributed by atoms with Gasteiger partial charge in [-0.15, -0.1) is 0 Å². The van der Waals surface area contributed by atoms with Crippen molar-refractivity contribution < 1.29 is 4.79 Å². The number of benzene rings is 3. The van der Waals surface area contributed by atoms with Crippen LogP contribution in [-0.4, -0.2) is 10.5 Å². The van der Waals surface area contributed by atoms with Crippen molar-refractivity contribution in [2.24, 2.45) is 0 Å². The van der Waals surface area contributed by atoms with Gasteiger partial charge in [0, 0.05) is 18.1 Å². The van der Waals surface area contributed by atoms with Crippen molar-refractivity contribution in [1.82, 2.24) is 9.88 Å². The molecular weight excluding hydrogens is 360 g/mol. The molecule has 4 nitrogen and oxygen atoms in total. The summed E-state index contributed by atoms with van der Waals surface area (Å²) in [6.45, 7) is 2.66. The smallest absolute Gasteiger partial charge is 0.257 e. The van der Waals surface area contributed by atoms with E-state index in [1.807, 2.05) is 90.4 Å². The number of hydrogen-bond donors (Lipinski definition) is 1. The number of pyridine rings is 1. The number of aryl methyl sites for hydroxylation is 1. The monoisotopic (exact) mass is 382 g/mol. The number of carbonyl (C=O) groups is 1. The van der Waals surface area contributed by atoms with Gasteiger partial charge in [-0.25, -0.2) is 0 Å². The van der Waals surface area contributed by atoms with Gasteiger partial charge in [0.1, 0.15) is 5.56 Å². The van der Waals surface area contributed by atoms with E-state index in [-0.39, 0.29) is 22.9 Å². The summed E-state index contributed by atoms with van der Waals surface area (Å²) in [7, 11) is 0. The third kappa shape index (κ3) is 3.69. The maximum Gasteiger partial charge on any atom is 0.257 e. The highest BCUT2D eigenvalue weighted by molar-refractivity contribution is 5.97. The Balaban J connectivity index is 1.77. The lowest BCUT2D eigenvalue weighted by Crippen LogP contribution is -2.33. The lowest BCUT2D eigenvalue weighted by molar-refractivity contribution is 0.0941. The van der Waals surface area contributed by atoms with Gasteiger partial charge < -0.3 is 9.88 Å². The molecule has 0 saturated carbocycles. The van der Waals surface area contributed by atoms with Crippen molar-refractivity contribution in [3.8, 4) is 0 Å². The van der Waals surface area contributed by atoms with Crippen molar-refractivity contribution >= 4 is 16.8 Å². The van der Waals surface area contributed by atoms with Crippen LogP contribution in [0.3, 0.4) is 0 Å². The quantitative estimate of drug-likeness (QED) is 0.551. The number of nitrogens with zero attached hydrogens (tertiary/aromatic N) is 1. The number of para-hydroxylation sites is 1. The number of fused-ring (bicyclic) bond motifs is 1. The molecule has 0 bridgehead atoms. The summed E-state index contributed by atoms with van der Waals surface area (Å²) in [5.74, 6) is -0.374. The van der Waals surface area contributed by atoms with Gasteiger partial charge in [0.15, 0.2) is 0 Å². The van der Waals surface area contributed by atoms with Gasteiger partial charge in [-0.3, -0.25) is 9.59 Å². The van der Waals surface area contributed by atoms with Crippen molar-refractivity contribution in [2.45, 2.75) is 19.5 Å². The van der Waals surface area contributed by atoms with E-state index >= 15 is 0 Å². The van der Waals surface area contributed by atoms with E-state index < -0.39 is 0 Å². The van der Waals surface area contributed by atoms with E-state index in [0.717, 1.165) is 16.6 Å². The third-order valence-corrected chi connectivity index (χ3v) is 5.11. The van der Waals surface area contributed by atoms with Gasteiger partial charge in [-0.2, -0.15) is 0 Å². The topological polar surface area (TPSA) is 51.1 Å². The van der Waals surface area contributed by atoms with Crippen molar-refractivity contribution in [1.29, 1.82) is 0 Å². The molecular formula is C25H22N2O2. The highest BCUT2D eigenvalue weighted by Crippen LogP contribution is 2.22. The number of amides is 1. The zero-order valence-electron chi connectivity index (χ0n) is 16.2. The standard InChI is InChI=1S/C25H22N2O2/c1-2-27-17-21(24(28)20-15-9-10-16-22(20)27)25(29)26-23(18-11-5-3-6-12-18)19-13-7-4-8-14-19/h3-17,23H,2H2,1H3,(H,26,29). The zero-order chi connectivity index (χ0) is 20.2. The van der Waals surface area contributed by atoms with Crippen LogP contribution in [0.15, 0.2) is 95.9 Å². The largest absolute Gasteiger partial charge is 0.347 e. The second kappa shape index (κ2) is 8.15. The summed E-state index contributed by atoms with van der Waals surface area (Å²) in [6, 6.07) is 26.6. The number of hydrogen-bond acceptors (Lipinski definition) is 2. The first-order valence-corrected chi connectivity index (χ1v) is 9.72. The lowest BCUT2D eigenvalue weighted by atomic mass is 9.98. The predicted octanol–water partition coefficient (Wildman–Crippen LogP) is 4.54. The van der Waals surface area contributed by atoms with Crippen molar-refractivity contribution in [2.75, 3.05) is 0 Å². The summed E-state index contributed by atoms with van der Waals surface area (Å²) in [6.07, 6.45) is 1.66. The fraction of sp³-hybridized carbons (Fsp3) is 0.120. The molecule has 0 aliphatic heterocycles. The fourth-order valence-corrected chi connectivity index (χ4v) is 3.63. The fourth-order valence-electron chi connectivity index (χ4n) is 3.63. The lowest BCUT2D eigenvalue weighted by Gasteiger charge is -2.20. The first-order chi connectivity index (χ1) is 14.2. The highest BCUT2D eigenvalue weighted by atomic mass is 16.2. The maximum absolute atomic E-state index is 13.2. The second-order valence-corrected chi connectivity index (χ2v) is 6.90. The van der Waals surface area contributed by atoms with E-state index in [9.17, 15) is 9.59 Å². The molecule has 1 N–H and O–H groups in total. The van der Waals surface area contributed by atoms with Crippen LogP contribution in [0.5, 0.6) is 0 Å². The molecule has 0 aliphatic rings. The third-order valence-electron chi connectivity index (χ3n) is 5.11. The van der Waals surface area contributed by atoms with Gasteiger partial charge in [-0.1, -0.05) is 72.8 Å². The summed E-state index contributed by atoms with van der Waals surface area (Å²) in [5.41, 5.74) is 2.66. The normalized spacial score (nSPS) is 11.0. The van der Waals surface area contributed by atoms with Crippen LogP contribution in [0, 0.1) is 0 Å². The van der Waals surface area contributed by atoms with E-state index in [1.165, 1.54) is 0 Å². The van der Waals surface area contributed by atoms with Crippen LogP contribution in [0.1, 0.15) is 34.5 Å². The molecule has 0 fully saturated rings. The molecule has 0 radical (unpaired) electrons. The van der Waals surface area contributed by atoms with Crippen LogP contribution in [0.4, 0.5) is 0 Å². The zero-order valence-corrected chi connectivity index (χ0v) is 16.2. The van der Waals surface area contributed by atoms with Gasteiger partial charge in [0.2, 0.25) is 5.43 Å². The van der Waals surface area contributed by atoms with Crippen LogP contribution >= 0.6 is 0 Å². The van der Waals surface area contributed by atoms with Crippen LogP contribution in [0.2, 0.25) is 0 Å². The van der Waals surface area contributed by atoms with E-state index in [2.05, 4.69) is 5.32 Å². The second-order valence-electron chi connectivity index (χ2n) is 6.90. The Hall–Kier alpha value is -3.66. The molecule has 144 valence electrons. The highest BCUT2D eigenvalue weighted by Gasteiger charge is 2.21. The minimum atomic E-state index is -0.374. The Bertz CT molecular complexity index is 1160. The van der Waals surface area contributed by atoms with Gasteiger partial charge in [-0.05, 0) is 30.2 Å². The first kappa shape index (κ1) is 18.7. The first-order valence-electron chi connectivity index (χ1n) is 9.72. The molecule has 0 spiro atoms. The Kier molecular flexibility index (Phi) is 5.25. The molecule has 4 heteroatoms. The minimum absolute atomic E-state index is 0.155. The molecule has 0 unspecified atom stereocenters. The van der Waals surface area contributed by atoms with Crippen LogP contribution in [0.25, 0.3) is 10.9 Å². The van der Waals surface area contributed by atoms with E-state index in [1.54, 1.807) is 12.3 Å². The molecule has 1 heterocycles. The number of rotatable bonds is 5. The average molecular weight is 382 g/mol. The predicted molar refractivity (Wildman–Crippen MR) is 116 cm³/mol. The number of aromatic nitrogens is 1. The summed E-state index contributed by atoms with van der Waals surface area (Å²) < 4.78 is 1.94. The van der Waals surface area contributed by atoms with E-state index in [4.69, 9.17) is 0 Å². The van der Waals surface area contributed by atoms with Gasteiger partial charge in [0.05, 0.1) is 11.6 Å². The van der Waals surface area contributed by atoms with Gasteiger partial charge >= 0.3 is 0 Å².